The number of hydrogen-bond donors (Lipinski definition) is 2. The summed E-state index contributed by atoms with van der Waals surface area (Å²) in [5.41, 5.74) is 2.53. The number of aromatic nitrogens is 2. The van der Waals surface area contributed by atoms with Gasteiger partial charge in [-0.05, 0) is 36.2 Å². The first kappa shape index (κ1) is 18.1. The molecule has 1 amide bonds. The molecule has 1 aromatic heterocycles. The molecule has 3 aromatic rings. The fraction of sp³-hybridized carbons (Fsp3) is 0.263. The zero-order valence-corrected chi connectivity index (χ0v) is 15.4. The minimum absolute atomic E-state index is 0.0694. The van der Waals surface area contributed by atoms with Crippen molar-refractivity contribution in [2.45, 2.75) is 19.4 Å². The minimum atomic E-state index is -0.0915. The van der Waals surface area contributed by atoms with Gasteiger partial charge in [0.25, 0.3) is 0 Å². The van der Waals surface area contributed by atoms with Crippen LogP contribution in [0.2, 0.25) is 5.02 Å². The van der Waals surface area contributed by atoms with Gasteiger partial charge in [0.15, 0.2) is 11.5 Å². The molecule has 0 radical (unpaired) electrons. The number of ether oxygens (including phenoxy) is 1. The summed E-state index contributed by atoms with van der Waals surface area (Å²) in [5.74, 6) is 0.392. The number of nitrogens with one attached hydrogen (secondary N) is 1. The summed E-state index contributed by atoms with van der Waals surface area (Å²) in [6.07, 6.45) is 0.831. The highest BCUT2D eigenvalue weighted by Gasteiger charge is 2.13. The van der Waals surface area contributed by atoms with E-state index in [0.717, 1.165) is 22.2 Å². The second-order valence-electron chi connectivity index (χ2n) is 5.99. The quantitative estimate of drug-likeness (QED) is 0.695. The van der Waals surface area contributed by atoms with Gasteiger partial charge in [-0.2, -0.15) is 5.10 Å². The first-order chi connectivity index (χ1) is 12.5. The van der Waals surface area contributed by atoms with Crippen LogP contribution in [0.3, 0.4) is 0 Å². The number of halogens is 1. The smallest absolute Gasteiger partial charge is 0.220 e. The molecule has 136 valence electrons. The van der Waals surface area contributed by atoms with E-state index in [1.165, 1.54) is 7.11 Å². The van der Waals surface area contributed by atoms with E-state index in [1.54, 1.807) is 16.8 Å². The molecule has 26 heavy (non-hydrogen) atoms. The van der Waals surface area contributed by atoms with Crippen molar-refractivity contribution in [1.82, 2.24) is 15.1 Å². The van der Waals surface area contributed by atoms with Gasteiger partial charge >= 0.3 is 0 Å². The molecule has 0 saturated heterocycles. The van der Waals surface area contributed by atoms with Crippen molar-refractivity contribution >= 4 is 28.4 Å². The first-order valence-corrected chi connectivity index (χ1v) is 8.60. The number of aryl methyl sites for hydroxylation is 2. The van der Waals surface area contributed by atoms with Crippen LogP contribution < -0.4 is 10.1 Å². The molecule has 7 heteroatoms. The third-order valence-electron chi connectivity index (χ3n) is 4.24. The number of amides is 1. The molecule has 2 aromatic carbocycles. The summed E-state index contributed by atoms with van der Waals surface area (Å²) < 4.78 is 6.76. The largest absolute Gasteiger partial charge is 0.504 e. The van der Waals surface area contributed by atoms with E-state index in [-0.39, 0.29) is 11.7 Å². The van der Waals surface area contributed by atoms with Crippen LogP contribution in [-0.4, -0.2) is 27.9 Å². The Hall–Kier alpha value is -2.73. The van der Waals surface area contributed by atoms with Crippen LogP contribution in [0.4, 0.5) is 0 Å². The highest BCUT2D eigenvalue weighted by Crippen LogP contribution is 2.27. The van der Waals surface area contributed by atoms with Gasteiger partial charge in [0.2, 0.25) is 5.91 Å². The van der Waals surface area contributed by atoms with E-state index in [1.807, 2.05) is 31.3 Å². The summed E-state index contributed by atoms with van der Waals surface area (Å²) >= 11 is 6.27. The van der Waals surface area contributed by atoms with Crippen molar-refractivity contribution in [2.75, 3.05) is 7.11 Å². The monoisotopic (exact) mass is 373 g/mol. The summed E-state index contributed by atoms with van der Waals surface area (Å²) in [4.78, 5) is 12.2. The number of phenols is 1. The van der Waals surface area contributed by atoms with Crippen molar-refractivity contribution in [3.05, 3.63) is 52.7 Å². The molecule has 6 nitrogen and oxygen atoms in total. The van der Waals surface area contributed by atoms with Gasteiger partial charge in [-0.25, -0.2) is 0 Å². The van der Waals surface area contributed by atoms with Crippen LogP contribution in [0.15, 0.2) is 36.4 Å². The molecule has 0 aliphatic rings. The van der Waals surface area contributed by atoms with E-state index in [9.17, 15) is 9.90 Å². The topological polar surface area (TPSA) is 76.4 Å². The zero-order chi connectivity index (χ0) is 18.7. The summed E-state index contributed by atoms with van der Waals surface area (Å²) in [6, 6.07) is 10.8. The third-order valence-corrected chi connectivity index (χ3v) is 4.55. The van der Waals surface area contributed by atoms with Crippen molar-refractivity contribution in [3.63, 3.8) is 0 Å². The molecule has 1 heterocycles. The number of aromatic hydroxyl groups is 1. The van der Waals surface area contributed by atoms with Crippen molar-refractivity contribution < 1.29 is 14.6 Å². The van der Waals surface area contributed by atoms with Gasteiger partial charge in [0.1, 0.15) is 0 Å². The number of nitrogens with zero attached hydrogens (tertiary/aromatic N) is 2. The number of phenolic OH excluding ortho intramolecular Hbond substituents is 1. The maximum atomic E-state index is 12.2. The second kappa shape index (κ2) is 7.66. The van der Waals surface area contributed by atoms with Gasteiger partial charge in [0, 0.05) is 18.9 Å². The lowest BCUT2D eigenvalue weighted by Gasteiger charge is -2.07. The van der Waals surface area contributed by atoms with E-state index in [4.69, 9.17) is 16.3 Å². The van der Waals surface area contributed by atoms with Crippen LogP contribution in [0.5, 0.6) is 11.5 Å². The molecule has 0 spiro atoms. The number of methoxy groups -OCH3 is 1. The number of benzene rings is 2. The van der Waals surface area contributed by atoms with E-state index in [0.29, 0.717) is 30.2 Å². The maximum absolute atomic E-state index is 12.2. The molecule has 0 saturated carbocycles. The zero-order valence-electron chi connectivity index (χ0n) is 14.6. The van der Waals surface area contributed by atoms with Gasteiger partial charge < -0.3 is 15.2 Å². The van der Waals surface area contributed by atoms with E-state index >= 15 is 0 Å². The van der Waals surface area contributed by atoms with Crippen LogP contribution in [0.1, 0.15) is 17.7 Å². The second-order valence-corrected chi connectivity index (χ2v) is 6.39. The molecule has 0 aliphatic carbocycles. The van der Waals surface area contributed by atoms with Crippen LogP contribution in [-0.2, 0) is 24.8 Å². The number of carbonyl (C=O) groups is 1. The van der Waals surface area contributed by atoms with Gasteiger partial charge in [-0.15, -0.1) is 0 Å². The van der Waals surface area contributed by atoms with Gasteiger partial charge in [0.05, 0.1) is 29.9 Å². The highest BCUT2D eigenvalue weighted by molar-refractivity contribution is 6.35. The average Bonchev–Trinajstić information content (AvgIpc) is 2.95. The summed E-state index contributed by atoms with van der Waals surface area (Å²) in [5, 5.41) is 18.6. The van der Waals surface area contributed by atoms with E-state index < -0.39 is 0 Å². The van der Waals surface area contributed by atoms with Crippen molar-refractivity contribution in [2.24, 2.45) is 7.05 Å². The lowest BCUT2D eigenvalue weighted by atomic mass is 10.1. The Kier molecular flexibility index (Phi) is 5.32. The predicted molar refractivity (Wildman–Crippen MR) is 101 cm³/mol. The number of rotatable bonds is 6. The Labute approximate surface area is 156 Å². The predicted octanol–water partition coefficient (Wildman–Crippen LogP) is 3.19. The third kappa shape index (κ3) is 3.75. The molecule has 0 unspecified atom stereocenters. The Bertz CT molecular complexity index is 953. The van der Waals surface area contributed by atoms with Crippen LogP contribution >= 0.6 is 11.6 Å². The summed E-state index contributed by atoms with van der Waals surface area (Å²) in [7, 11) is 3.34. The molecule has 0 fully saturated rings. The summed E-state index contributed by atoms with van der Waals surface area (Å²) in [6.45, 7) is 0.313. The molecule has 0 bridgehead atoms. The minimum Gasteiger partial charge on any atom is -0.504 e. The number of carbonyl (C=O) groups excluding carboxylic acids is 1. The standard InChI is InChI=1S/C19H20ClN3O3/c1-23-15-5-3-4-13(20)19(15)14(22-23)11-21-18(25)9-7-12-6-8-17(26-2)16(24)10-12/h3-6,8,10,24H,7,9,11H2,1-2H3,(H,21,25). The van der Waals surface area contributed by atoms with Gasteiger partial charge in [-0.3, -0.25) is 9.48 Å². The maximum Gasteiger partial charge on any atom is 0.220 e. The Morgan fingerprint density at radius 1 is 1.35 bits per heavy atom. The number of fused-ring (bicyclic) bond motifs is 1. The van der Waals surface area contributed by atoms with Crippen LogP contribution in [0, 0.1) is 0 Å². The fourth-order valence-electron chi connectivity index (χ4n) is 2.90. The molecule has 3 rings (SSSR count). The molecule has 2 N–H and O–H groups in total. The molecule has 0 atom stereocenters. The first-order valence-electron chi connectivity index (χ1n) is 8.22. The van der Waals surface area contributed by atoms with E-state index in [2.05, 4.69) is 10.4 Å². The SMILES string of the molecule is COc1ccc(CCC(=O)NCc2nn(C)c3cccc(Cl)c23)cc1O. The molecular formula is C19H20ClN3O3. The van der Waals surface area contributed by atoms with Crippen molar-refractivity contribution in [3.8, 4) is 11.5 Å². The lowest BCUT2D eigenvalue weighted by Crippen LogP contribution is -2.23. The normalized spacial score (nSPS) is 10.9. The highest BCUT2D eigenvalue weighted by atomic mass is 35.5. The Balaban J connectivity index is 1.60. The lowest BCUT2D eigenvalue weighted by molar-refractivity contribution is -0.121. The van der Waals surface area contributed by atoms with Gasteiger partial charge in [-0.1, -0.05) is 23.7 Å². The Morgan fingerprint density at radius 2 is 2.15 bits per heavy atom. The molecule has 0 aliphatic heterocycles. The average molecular weight is 374 g/mol. The van der Waals surface area contributed by atoms with Crippen LogP contribution in [0.25, 0.3) is 10.9 Å². The fourth-order valence-corrected chi connectivity index (χ4v) is 3.18. The number of hydrogen-bond acceptors (Lipinski definition) is 4. The van der Waals surface area contributed by atoms with Crippen molar-refractivity contribution in [1.29, 1.82) is 0 Å². The molecular weight excluding hydrogens is 354 g/mol. The Morgan fingerprint density at radius 3 is 2.88 bits per heavy atom.